The van der Waals surface area contributed by atoms with Crippen LogP contribution in [0.25, 0.3) is 0 Å². The zero-order valence-corrected chi connectivity index (χ0v) is 13.3. The van der Waals surface area contributed by atoms with Crippen LogP contribution < -0.4 is 5.32 Å². The number of benzene rings is 1. The van der Waals surface area contributed by atoms with Crippen molar-refractivity contribution in [3.63, 3.8) is 0 Å². The molecule has 3 heteroatoms. The van der Waals surface area contributed by atoms with Gasteiger partial charge in [0.2, 0.25) is 0 Å². The highest BCUT2D eigenvalue weighted by Gasteiger charge is 2.20. The number of nitrogens with one attached hydrogen (secondary N) is 1. The molecule has 1 atom stereocenters. The van der Waals surface area contributed by atoms with Gasteiger partial charge in [0.1, 0.15) is 11.6 Å². The summed E-state index contributed by atoms with van der Waals surface area (Å²) in [7, 11) is 0. The first kappa shape index (κ1) is 15.8. The molecule has 1 unspecified atom stereocenters. The molecule has 1 aromatic heterocycles. The summed E-state index contributed by atoms with van der Waals surface area (Å²) in [5.41, 5.74) is 3.62. The second kappa shape index (κ2) is 6.90. The summed E-state index contributed by atoms with van der Waals surface area (Å²) < 4.78 is 19.4. The van der Waals surface area contributed by atoms with E-state index in [4.69, 9.17) is 4.42 Å². The molecule has 114 valence electrons. The van der Waals surface area contributed by atoms with Crippen molar-refractivity contribution in [2.75, 3.05) is 6.54 Å². The first-order valence-electron chi connectivity index (χ1n) is 7.64. The Balaban J connectivity index is 2.45. The van der Waals surface area contributed by atoms with Gasteiger partial charge in [0, 0.05) is 12.0 Å². The van der Waals surface area contributed by atoms with Crippen LogP contribution in [0.4, 0.5) is 4.39 Å². The number of hydrogen-bond donors (Lipinski definition) is 1. The van der Waals surface area contributed by atoms with Gasteiger partial charge < -0.3 is 9.73 Å². The highest BCUT2D eigenvalue weighted by atomic mass is 19.1. The molecule has 0 spiro atoms. The van der Waals surface area contributed by atoms with Crippen LogP contribution in [-0.2, 0) is 6.42 Å². The van der Waals surface area contributed by atoms with Gasteiger partial charge in [-0.1, -0.05) is 26.0 Å². The minimum Gasteiger partial charge on any atom is -0.469 e. The molecule has 1 aromatic carbocycles. The van der Waals surface area contributed by atoms with Crippen molar-refractivity contribution in [2.24, 2.45) is 0 Å². The van der Waals surface area contributed by atoms with E-state index >= 15 is 0 Å². The van der Waals surface area contributed by atoms with Gasteiger partial charge in [0.15, 0.2) is 0 Å². The predicted octanol–water partition coefficient (Wildman–Crippen LogP) is 4.69. The van der Waals surface area contributed by atoms with E-state index in [1.54, 1.807) is 6.26 Å². The van der Waals surface area contributed by atoms with E-state index in [9.17, 15) is 4.39 Å². The number of furan rings is 1. The second-order valence-corrected chi connectivity index (χ2v) is 5.51. The molecule has 21 heavy (non-hydrogen) atoms. The van der Waals surface area contributed by atoms with Gasteiger partial charge in [-0.05, 0) is 49.6 Å². The van der Waals surface area contributed by atoms with Gasteiger partial charge in [-0.15, -0.1) is 0 Å². The number of aryl methyl sites for hydroxylation is 3. The zero-order valence-electron chi connectivity index (χ0n) is 13.3. The Morgan fingerprint density at radius 3 is 2.43 bits per heavy atom. The molecule has 0 saturated heterocycles. The minimum atomic E-state index is -0.115. The fourth-order valence-corrected chi connectivity index (χ4v) is 2.74. The van der Waals surface area contributed by atoms with Crippen molar-refractivity contribution >= 4 is 0 Å². The molecule has 0 bridgehead atoms. The summed E-state index contributed by atoms with van der Waals surface area (Å²) in [6, 6.07) is 5.93. The van der Waals surface area contributed by atoms with E-state index in [-0.39, 0.29) is 11.9 Å². The lowest BCUT2D eigenvalue weighted by Crippen LogP contribution is -2.24. The summed E-state index contributed by atoms with van der Waals surface area (Å²) in [6.07, 6.45) is 3.64. The molecule has 2 rings (SSSR count). The van der Waals surface area contributed by atoms with E-state index in [0.717, 1.165) is 36.3 Å². The molecule has 1 heterocycles. The van der Waals surface area contributed by atoms with E-state index < -0.39 is 0 Å². The lowest BCUT2D eigenvalue weighted by atomic mass is 9.94. The summed E-state index contributed by atoms with van der Waals surface area (Å²) in [4.78, 5) is 0. The Hall–Kier alpha value is -1.61. The minimum absolute atomic E-state index is 0.0525. The average molecular weight is 289 g/mol. The van der Waals surface area contributed by atoms with Crippen molar-refractivity contribution in [3.05, 3.63) is 58.3 Å². The van der Waals surface area contributed by atoms with Gasteiger partial charge >= 0.3 is 0 Å². The molecule has 0 aliphatic carbocycles. The topological polar surface area (TPSA) is 25.2 Å². The van der Waals surface area contributed by atoms with E-state index in [2.05, 4.69) is 19.2 Å². The molecule has 1 N–H and O–H groups in total. The maximum absolute atomic E-state index is 13.9. The first-order valence-corrected chi connectivity index (χ1v) is 7.64. The zero-order chi connectivity index (χ0) is 15.4. The Morgan fingerprint density at radius 1 is 1.19 bits per heavy atom. The van der Waals surface area contributed by atoms with Crippen LogP contribution >= 0.6 is 0 Å². The van der Waals surface area contributed by atoms with Crippen LogP contribution in [0.15, 0.2) is 28.9 Å². The molecule has 0 saturated carbocycles. The Labute approximate surface area is 126 Å². The van der Waals surface area contributed by atoms with Crippen molar-refractivity contribution in [3.8, 4) is 0 Å². The molecule has 0 amide bonds. The third-order valence-corrected chi connectivity index (χ3v) is 3.80. The number of hydrogen-bond acceptors (Lipinski definition) is 2. The van der Waals surface area contributed by atoms with Crippen LogP contribution in [0.5, 0.6) is 0 Å². The highest BCUT2D eigenvalue weighted by Crippen LogP contribution is 2.29. The van der Waals surface area contributed by atoms with Crippen molar-refractivity contribution in [1.82, 2.24) is 5.32 Å². The lowest BCUT2D eigenvalue weighted by molar-refractivity contribution is 0.499. The van der Waals surface area contributed by atoms with Crippen LogP contribution in [0.3, 0.4) is 0 Å². The maximum atomic E-state index is 13.9. The van der Waals surface area contributed by atoms with Gasteiger partial charge in [-0.3, -0.25) is 0 Å². The van der Waals surface area contributed by atoms with Gasteiger partial charge in [-0.25, -0.2) is 4.39 Å². The maximum Gasteiger partial charge on any atom is 0.129 e. The molecular weight excluding hydrogens is 265 g/mol. The number of rotatable bonds is 6. The molecule has 2 nitrogen and oxygen atoms in total. The second-order valence-electron chi connectivity index (χ2n) is 5.51. The normalized spacial score (nSPS) is 12.6. The standard InChI is InChI=1S/C18H24FNO/c1-5-8-20-18(15-7-9-21-16(15)6-2)14-10-12(3)17(19)13(4)11-14/h7,9-11,18,20H,5-6,8H2,1-4H3. The highest BCUT2D eigenvalue weighted by molar-refractivity contribution is 5.38. The molecule has 0 fully saturated rings. The summed E-state index contributed by atoms with van der Waals surface area (Å²) >= 11 is 0. The van der Waals surface area contributed by atoms with Crippen LogP contribution in [0.2, 0.25) is 0 Å². The van der Waals surface area contributed by atoms with Gasteiger partial charge in [0.05, 0.1) is 12.3 Å². The Morgan fingerprint density at radius 2 is 1.86 bits per heavy atom. The van der Waals surface area contributed by atoms with Crippen LogP contribution in [0, 0.1) is 19.7 Å². The third kappa shape index (κ3) is 3.35. The van der Waals surface area contributed by atoms with E-state index in [1.807, 2.05) is 32.0 Å². The van der Waals surface area contributed by atoms with Crippen LogP contribution in [-0.4, -0.2) is 6.54 Å². The summed E-state index contributed by atoms with van der Waals surface area (Å²) in [5.74, 6) is 0.874. The Kier molecular flexibility index (Phi) is 5.18. The summed E-state index contributed by atoms with van der Waals surface area (Å²) in [5, 5.41) is 3.55. The third-order valence-electron chi connectivity index (χ3n) is 3.80. The Bertz CT molecular complexity index is 580. The lowest BCUT2D eigenvalue weighted by Gasteiger charge is -2.20. The fourth-order valence-electron chi connectivity index (χ4n) is 2.74. The molecule has 2 aromatic rings. The molecular formula is C18H24FNO. The van der Waals surface area contributed by atoms with Crippen molar-refractivity contribution in [1.29, 1.82) is 0 Å². The quantitative estimate of drug-likeness (QED) is 0.834. The first-order chi connectivity index (χ1) is 10.1. The number of halogens is 1. The van der Waals surface area contributed by atoms with Gasteiger partial charge in [-0.2, -0.15) is 0 Å². The molecule has 0 radical (unpaired) electrons. The average Bonchev–Trinajstić information content (AvgIpc) is 2.93. The van der Waals surface area contributed by atoms with E-state index in [1.165, 1.54) is 0 Å². The SMILES string of the molecule is CCCNC(c1cc(C)c(F)c(C)c1)c1ccoc1CC. The monoisotopic (exact) mass is 289 g/mol. The van der Waals surface area contributed by atoms with Crippen molar-refractivity contribution in [2.45, 2.75) is 46.6 Å². The molecule has 0 aliphatic rings. The summed E-state index contributed by atoms with van der Waals surface area (Å²) in [6.45, 7) is 8.77. The fraction of sp³-hybridized carbons (Fsp3) is 0.444. The van der Waals surface area contributed by atoms with Crippen LogP contribution in [0.1, 0.15) is 54.3 Å². The largest absolute Gasteiger partial charge is 0.469 e. The van der Waals surface area contributed by atoms with Gasteiger partial charge in [0.25, 0.3) is 0 Å². The smallest absolute Gasteiger partial charge is 0.129 e. The predicted molar refractivity (Wildman–Crippen MR) is 84.1 cm³/mol. The molecule has 0 aliphatic heterocycles. The van der Waals surface area contributed by atoms with E-state index in [0.29, 0.717) is 11.1 Å². The van der Waals surface area contributed by atoms with Crippen molar-refractivity contribution < 1.29 is 8.81 Å².